The van der Waals surface area contributed by atoms with Gasteiger partial charge < -0.3 is 0 Å². The molecule has 0 amide bonds. The molecule has 0 saturated heterocycles. The van der Waals surface area contributed by atoms with Gasteiger partial charge in [0.15, 0.2) is 5.52 Å². The van der Waals surface area contributed by atoms with Gasteiger partial charge in [0, 0.05) is 5.56 Å². The van der Waals surface area contributed by atoms with Gasteiger partial charge in [0.25, 0.3) is 0 Å². The van der Waals surface area contributed by atoms with Crippen LogP contribution < -0.4 is 0 Å². The number of carbonyl (C=O) groups is 1. The van der Waals surface area contributed by atoms with E-state index in [2.05, 4.69) is 54.3 Å². The summed E-state index contributed by atoms with van der Waals surface area (Å²) in [5.41, 5.74) is 8.79. The highest BCUT2D eigenvalue weighted by molar-refractivity contribution is 7.41. The van der Waals surface area contributed by atoms with E-state index in [0.29, 0.717) is 0 Å². The third-order valence-corrected chi connectivity index (χ3v) is 4.91. The molecule has 0 spiro atoms. The van der Waals surface area contributed by atoms with Gasteiger partial charge in [-0.15, -0.1) is 0 Å². The van der Waals surface area contributed by atoms with Gasteiger partial charge in [-0.05, 0) is 59.7 Å². The van der Waals surface area contributed by atoms with Crippen molar-refractivity contribution in [2.24, 2.45) is 0 Å². The Kier molecular flexibility index (Phi) is 4.64. The van der Waals surface area contributed by atoms with E-state index in [4.69, 9.17) is 0 Å². The van der Waals surface area contributed by atoms with Crippen LogP contribution in [0.15, 0.2) is 60.7 Å². The average Bonchev–Trinajstić information content (AvgIpc) is 2.56. The molecule has 0 aliphatic carbocycles. The lowest BCUT2D eigenvalue weighted by Crippen LogP contribution is -2.05. The molecule has 0 saturated carbocycles. The lowest BCUT2D eigenvalue weighted by molar-refractivity contribution is 0.108. The average molecular weight is 332 g/mol. The lowest BCUT2D eigenvalue weighted by atomic mass is 9.83. The number of rotatable bonds is 3. The Labute approximate surface area is 145 Å². The summed E-state index contributed by atoms with van der Waals surface area (Å²) in [4.78, 5) is 12.3. The SMILES string of the molecule is Cc1c(C(=O)P)c(C)c(-c2ccccc2)c(C)c1-c1ccccc1. The van der Waals surface area contributed by atoms with Gasteiger partial charge in [0.2, 0.25) is 0 Å². The van der Waals surface area contributed by atoms with Crippen molar-refractivity contribution in [1.29, 1.82) is 0 Å². The van der Waals surface area contributed by atoms with Crippen LogP contribution in [-0.2, 0) is 0 Å². The molecule has 3 aromatic carbocycles. The van der Waals surface area contributed by atoms with Crippen LogP contribution in [0.3, 0.4) is 0 Å². The molecule has 0 radical (unpaired) electrons. The van der Waals surface area contributed by atoms with Crippen LogP contribution in [0, 0.1) is 20.8 Å². The lowest BCUT2D eigenvalue weighted by Gasteiger charge is -2.21. The Morgan fingerprint density at radius 2 is 1.04 bits per heavy atom. The van der Waals surface area contributed by atoms with Gasteiger partial charge in [-0.25, -0.2) is 0 Å². The van der Waals surface area contributed by atoms with Crippen molar-refractivity contribution in [3.63, 3.8) is 0 Å². The van der Waals surface area contributed by atoms with E-state index in [9.17, 15) is 4.79 Å². The first-order chi connectivity index (χ1) is 11.5. The predicted molar refractivity (Wildman–Crippen MR) is 106 cm³/mol. The van der Waals surface area contributed by atoms with Gasteiger partial charge in [-0.1, -0.05) is 69.9 Å². The highest BCUT2D eigenvalue weighted by Gasteiger charge is 2.21. The van der Waals surface area contributed by atoms with Crippen molar-refractivity contribution in [2.75, 3.05) is 0 Å². The molecule has 0 aliphatic heterocycles. The minimum absolute atomic E-state index is 0.0411. The maximum Gasteiger partial charge on any atom is 0.178 e. The molecule has 1 atom stereocenters. The molecule has 2 heteroatoms. The van der Waals surface area contributed by atoms with E-state index in [0.717, 1.165) is 38.9 Å². The fraction of sp³-hybridized carbons (Fsp3) is 0.136. The van der Waals surface area contributed by atoms with E-state index in [-0.39, 0.29) is 5.52 Å². The minimum Gasteiger partial charge on any atom is -0.290 e. The van der Waals surface area contributed by atoms with Crippen molar-refractivity contribution < 1.29 is 4.79 Å². The van der Waals surface area contributed by atoms with Gasteiger partial charge in [-0.3, -0.25) is 4.79 Å². The summed E-state index contributed by atoms with van der Waals surface area (Å²) in [6.45, 7) is 6.25. The van der Waals surface area contributed by atoms with E-state index in [1.165, 1.54) is 5.56 Å². The predicted octanol–water partition coefficient (Wildman–Crippen LogP) is 5.96. The van der Waals surface area contributed by atoms with Crippen molar-refractivity contribution in [3.05, 3.63) is 82.9 Å². The molecule has 24 heavy (non-hydrogen) atoms. The highest BCUT2D eigenvalue weighted by Crippen LogP contribution is 2.40. The number of carbonyl (C=O) groups excluding carboxylic acids is 1. The Balaban J connectivity index is 2.43. The molecule has 0 bridgehead atoms. The van der Waals surface area contributed by atoms with E-state index < -0.39 is 0 Å². The van der Waals surface area contributed by atoms with Crippen LogP contribution in [0.4, 0.5) is 0 Å². The maximum absolute atomic E-state index is 12.3. The molecule has 1 unspecified atom stereocenters. The maximum atomic E-state index is 12.3. The fourth-order valence-corrected chi connectivity index (χ4v) is 4.10. The standard InChI is InChI=1S/C22H21OP/c1-14-19(17-10-6-4-7-11-17)15(2)21(22(23)24)16(3)20(14)18-12-8-5-9-13-18/h4-13H,24H2,1-3H3. The smallest absolute Gasteiger partial charge is 0.178 e. The van der Waals surface area contributed by atoms with Crippen LogP contribution in [0.25, 0.3) is 22.3 Å². The molecule has 0 aromatic heterocycles. The minimum atomic E-state index is 0.0411. The summed E-state index contributed by atoms with van der Waals surface area (Å²) in [6, 6.07) is 20.6. The summed E-state index contributed by atoms with van der Waals surface area (Å²) in [6.07, 6.45) is 0. The molecule has 0 aliphatic rings. The first-order valence-corrected chi connectivity index (χ1v) is 8.64. The molecule has 0 fully saturated rings. The summed E-state index contributed by atoms with van der Waals surface area (Å²) < 4.78 is 0. The zero-order chi connectivity index (χ0) is 17.3. The normalized spacial score (nSPS) is 10.7. The molecule has 3 aromatic rings. The van der Waals surface area contributed by atoms with E-state index in [1.807, 2.05) is 36.4 Å². The monoisotopic (exact) mass is 332 g/mol. The Morgan fingerprint density at radius 3 is 1.38 bits per heavy atom. The topological polar surface area (TPSA) is 17.1 Å². The molecule has 1 nitrogen and oxygen atoms in total. The number of hydrogen-bond donors (Lipinski definition) is 0. The Morgan fingerprint density at radius 1 is 0.667 bits per heavy atom. The third-order valence-electron chi connectivity index (χ3n) is 4.62. The van der Waals surface area contributed by atoms with Gasteiger partial charge in [0.05, 0.1) is 0 Å². The largest absolute Gasteiger partial charge is 0.290 e. The first-order valence-electron chi connectivity index (χ1n) is 8.06. The van der Waals surface area contributed by atoms with Gasteiger partial charge in [0.1, 0.15) is 0 Å². The molecular weight excluding hydrogens is 311 g/mol. The summed E-state index contributed by atoms with van der Waals surface area (Å²) in [5, 5.41) is 0. The van der Waals surface area contributed by atoms with E-state index in [1.54, 1.807) is 0 Å². The van der Waals surface area contributed by atoms with Crippen molar-refractivity contribution in [1.82, 2.24) is 0 Å². The van der Waals surface area contributed by atoms with E-state index >= 15 is 0 Å². The second-order valence-electron chi connectivity index (χ2n) is 6.10. The van der Waals surface area contributed by atoms with Crippen LogP contribution in [0.1, 0.15) is 27.0 Å². The van der Waals surface area contributed by atoms with Gasteiger partial charge in [-0.2, -0.15) is 0 Å². The highest BCUT2D eigenvalue weighted by atomic mass is 31.0. The number of benzene rings is 3. The van der Waals surface area contributed by atoms with Crippen LogP contribution in [0.5, 0.6) is 0 Å². The molecule has 0 N–H and O–H groups in total. The molecular formula is C22H21OP. The Bertz CT molecular complexity index is 830. The fourth-order valence-electron chi connectivity index (χ4n) is 3.66. The molecule has 3 rings (SSSR count). The summed E-state index contributed by atoms with van der Waals surface area (Å²) >= 11 is 0. The Hall–Kier alpha value is -2.24. The zero-order valence-electron chi connectivity index (χ0n) is 14.3. The third kappa shape index (κ3) is 2.81. The zero-order valence-corrected chi connectivity index (χ0v) is 15.4. The van der Waals surface area contributed by atoms with Crippen molar-refractivity contribution >= 4 is 14.8 Å². The second-order valence-corrected chi connectivity index (χ2v) is 6.62. The van der Waals surface area contributed by atoms with Crippen molar-refractivity contribution in [3.8, 4) is 22.3 Å². The first kappa shape index (κ1) is 16.6. The molecule has 0 heterocycles. The van der Waals surface area contributed by atoms with Gasteiger partial charge >= 0.3 is 0 Å². The van der Waals surface area contributed by atoms with Crippen LogP contribution >= 0.6 is 9.24 Å². The van der Waals surface area contributed by atoms with Crippen LogP contribution in [0.2, 0.25) is 0 Å². The summed E-state index contributed by atoms with van der Waals surface area (Å²) in [7, 11) is 2.34. The van der Waals surface area contributed by atoms with Crippen molar-refractivity contribution in [2.45, 2.75) is 20.8 Å². The second kappa shape index (κ2) is 6.71. The summed E-state index contributed by atoms with van der Waals surface area (Å²) in [5.74, 6) is 0. The van der Waals surface area contributed by atoms with Crippen LogP contribution in [-0.4, -0.2) is 5.52 Å². The number of hydrogen-bond acceptors (Lipinski definition) is 1. The quantitative estimate of drug-likeness (QED) is 0.541. The molecule has 120 valence electrons.